The van der Waals surface area contributed by atoms with E-state index in [4.69, 9.17) is 4.74 Å². The Morgan fingerprint density at radius 2 is 2.00 bits per heavy atom. The predicted molar refractivity (Wildman–Crippen MR) is 106 cm³/mol. The van der Waals surface area contributed by atoms with E-state index in [-0.39, 0.29) is 31.2 Å². The van der Waals surface area contributed by atoms with Gasteiger partial charge in [0.25, 0.3) is 5.91 Å². The van der Waals surface area contributed by atoms with Gasteiger partial charge in [0, 0.05) is 19.2 Å². The van der Waals surface area contributed by atoms with Crippen molar-refractivity contribution in [1.82, 2.24) is 20.5 Å². The highest BCUT2D eigenvalue weighted by Crippen LogP contribution is 2.19. The summed E-state index contributed by atoms with van der Waals surface area (Å²) in [6.07, 6.45) is 2.56. The molecule has 0 saturated carbocycles. The van der Waals surface area contributed by atoms with Crippen LogP contribution in [0.5, 0.6) is 5.75 Å². The van der Waals surface area contributed by atoms with E-state index < -0.39 is 12.1 Å². The molecule has 0 bridgehead atoms. The van der Waals surface area contributed by atoms with Crippen LogP contribution in [0.1, 0.15) is 24.1 Å². The van der Waals surface area contributed by atoms with Crippen molar-refractivity contribution in [3.63, 3.8) is 0 Å². The smallest absolute Gasteiger partial charge is 0.324 e. The van der Waals surface area contributed by atoms with Gasteiger partial charge < -0.3 is 15.4 Å². The van der Waals surface area contributed by atoms with Crippen molar-refractivity contribution in [3.8, 4) is 5.75 Å². The van der Waals surface area contributed by atoms with Crippen LogP contribution in [0.25, 0.3) is 0 Å². The maximum absolute atomic E-state index is 12.6. The van der Waals surface area contributed by atoms with Crippen molar-refractivity contribution in [3.05, 3.63) is 59.9 Å². The summed E-state index contributed by atoms with van der Waals surface area (Å²) in [5.74, 6) is 0.230. The Hall–Kier alpha value is -3.42. The first-order valence-corrected chi connectivity index (χ1v) is 9.49. The molecule has 2 heterocycles. The summed E-state index contributed by atoms with van der Waals surface area (Å²) in [6.45, 7) is 0.586. The number of nitrogens with zero attached hydrogens (tertiary/aromatic N) is 2. The Labute approximate surface area is 169 Å². The number of ether oxygens (including phenoxy) is 1. The van der Waals surface area contributed by atoms with E-state index >= 15 is 0 Å². The lowest BCUT2D eigenvalue weighted by atomic mass is 10.1. The first-order chi connectivity index (χ1) is 14.1. The average Bonchev–Trinajstić information content (AvgIpc) is 3.02. The van der Waals surface area contributed by atoms with Crippen LogP contribution in [0.3, 0.4) is 0 Å². The van der Waals surface area contributed by atoms with Crippen LogP contribution in [0.4, 0.5) is 4.79 Å². The Morgan fingerprint density at radius 3 is 2.76 bits per heavy atom. The zero-order valence-electron chi connectivity index (χ0n) is 16.3. The Kier molecular flexibility index (Phi) is 6.78. The van der Waals surface area contributed by atoms with Gasteiger partial charge in [-0.25, -0.2) is 4.79 Å². The van der Waals surface area contributed by atoms with E-state index in [0.717, 1.165) is 17.0 Å². The SMILES string of the molecule is COc1ccccc1CCN1C(=O)NC(CCC(=O)NCc2ccccn2)C1=O. The molecule has 1 aromatic heterocycles. The van der Waals surface area contributed by atoms with Crippen molar-refractivity contribution in [1.29, 1.82) is 0 Å². The average molecular weight is 396 g/mol. The maximum Gasteiger partial charge on any atom is 0.324 e. The number of imide groups is 1. The number of rotatable bonds is 9. The molecule has 2 aromatic rings. The topological polar surface area (TPSA) is 101 Å². The Morgan fingerprint density at radius 1 is 1.21 bits per heavy atom. The summed E-state index contributed by atoms with van der Waals surface area (Å²) in [5.41, 5.74) is 1.68. The van der Waals surface area contributed by atoms with Crippen molar-refractivity contribution in [2.75, 3.05) is 13.7 Å². The molecule has 1 saturated heterocycles. The number of urea groups is 1. The molecule has 8 heteroatoms. The number of amides is 4. The zero-order valence-corrected chi connectivity index (χ0v) is 16.3. The van der Waals surface area contributed by atoms with Crippen LogP contribution in [0.15, 0.2) is 48.7 Å². The lowest BCUT2D eigenvalue weighted by Crippen LogP contribution is -2.34. The van der Waals surface area contributed by atoms with Crippen LogP contribution in [-0.2, 0) is 22.6 Å². The van der Waals surface area contributed by atoms with E-state index in [1.807, 2.05) is 36.4 Å². The number of carbonyl (C=O) groups is 3. The van der Waals surface area contributed by atoms with Crippen molar-refractivity contribution in [2.24, 2.45) is 0 Å². The van der Waals surface area contributed by atoms with Gasteiger partial charge in [-0.1, -0.05) is 24.3 Å². The van der Waals surface area contributed by atoms with Crippen LogP contribution in [0.2, 0.25) is 0 Å². The number of carbonyl (C=O) groups excluding carboxylic acids is 3. The molecule has 1 aromatic carbocycles. The summed E-state index contributed by atoms with van der Waals surface area (Å²) in [7, 11) is 1.58. The molecule has 152 valence electrons. The Bertz CT molecular complexity index is 872. The van der Waals surface area contributed by atoms with Gasteiger partial charge in [-0.2, -0.15) is 0 Å². The Balaban J connectivity index is 1.46. The summed E-state index contributed by atoms with van der Waals surface area (Å²) in [5, 5.41) is 5.43. The van der Waals surface area contributed by atoms with Crippen LogP contribution < -0.4 is 15.4 Å². The highest BCUT2D eigenvalue weighted by Gasteiger charge is 2.37. The summed E-state index contributed by atoms with van der Waals surface area (Å²) in [6, 6.07) is 11.9. The molecule has 3 rings (SSSR count). The lowest BCUT2D eigenvalue weighted by molar-refractivity contribution is -0.127. The van der Waals surface area contributed by atoms with Gasteiger partial charge in [0.1, 0.15) is 11.8 Å². The standard InChI is InChI=1S/C21H24N4O4/c1-29-18-8-3-2-6-15(18)11-13-25-20(27)17(24-21(25)28)9-10-19(26)23-14-16-7-4-5-12-22-16/h2-8,12,17H,9-11,13-14H2,1H3,(H,23,26)(H,24,28). The lowest BCUT2D eigenvalue weighted by Gasteiger charge is -2.14. The van der Waals surface area contributed by atoms with Gasteiger partial charge in [-0.05, 0) is 36.6 Å². The van der Waals surface area contributed by atoms with Gasteiger partial charge in [0.05, 0.1) is 19.3 Å². The van der Waals surface area contributed by atoms with Crippen LogP contribution in [0, 0.1) is 0 Å². The molecular weight excluding hydrogens is 372 g/mol. The molecule has 4 amide bonds. The molecule has 1 unspecified atom stereocenters. The van der Waals surface area contributed by atoms with Gasteiger partial charge in [0.15, 0.2) is 0 Å². The second-order valence-corrected chi connectivity index (χ2v) is 6.69. The number of benzene rings is 1. The van der Waals surface area contributed by atoms with Crippen molar-refractivity contribution >= 4 is 17.8 Å². The van der Waals surface area contributed by atoms with Crippen LogP contribution in [-0.4, -0.2) is 47.4 Å². The highest BCUT2D eigenvalue weighted by molar-refractivity contribution is 6.04. The summed E-state index contributed by atoms with van der Waals surface area (Å²) >= 11 is 0. The first kappa shape index (κ1) is 20.3. The fraction of sp³-hybridized carbons (Fsp3) is 0.333. The monoisotopic (exact) mass is 396 g/mol. The van der Waals surface area contributed by atoms with E-state index in [2.05, 4.69) is 15.6 Å². The molecular formula is C21H24N4O4. The van der Waals surface area contributed by atoms with Gasteiger partial charge in [-0.15, -0.1) is 0 Å². The normalized spacial score (nSPS) is 15.9. The van der Waals surface area contributed by atoms with Crippen molar-refractivity contribution in [2.45, 2.75) is 31.8 Å². The quantitative estimate of drug-likeness (QED) is 0.628. The molecule has 1 aliphatic heterocycles. The van der Waals surface area contributed by atoms with E-state index in [1.165, 1.54) is 4.90 Å². The van der Waals surface area contributed by atoms with E-state index in [0.29, 0.717) is 13.0 Å². The third-order valence-electron chi connectivity index (χ3n) is 4.76. The molecule has 8 nitrogen and oxygen atoms in total. The molecule has 1 atom stereocenters. The minimum Gasteiger partial charge on any atom is -0.496 e. The molecule has 1 fully saturated rings. The molecule has 29 heavy (non-hydrogen) atoms. The van der Waals surface area contributed by atoms with Gasteiger partial charge >= 0.3 is 6.03 Å². The number of hydrogen-bond donors (Lipinski definition) is 2. The number of nitrogens with one attached hydrogen (secondary N) is 2. The minimum atomic E-state index is -0.680. The fourth-order valence-electron chi connectivity index (χ4n) is 3.18. The first-order valence-electron chi connectivity index (χ1n) is 9.49. The number of para-hydroxylation sites is 1. The highest BCUT2D eigenvalue weighted by atomic mass is 16.5. The molecule has 1 aliphatic rings. The minimum absolute atomic E-state index is 0.143. The summed E-state index contributed by atoms with van der Waals surface area (Å²) in [4.78, 5) is 42.1. The number of hydrogen-bond acceptors (Lipinski definition) is 5. The fourth-order valence-corrected chi connectivity index (χ4v) is 3.18. The molecule has 0 spiro atoms. The zero-order chi connectivity index (χ0) is 20.6. The number of aromatic nitrogens is 1. The van der Waals surface area contributed by atoms with E-state index in [1.54, 1.807) is 19.4 Å². The van der Waals surface area contributed by atoms with Crippen LogP contribution >= 0.6 is 0 Å². The predicted octanol–water partition coefficient (Wildman–Crippen LogP) is 1.65. The second kappa shape index (κ2) is 9.68. The molecule has 0 aliphatic carbocycles. The molecule has 0 radical (unpaired) electrons. The van der Waals surface area contributed by atoms with E-state index in [9.17, 15) is 14.4 Å². The van der Waals surface area contributed by atoms with Gasteiger partial charge in [-0.3, -0.25) is 19.5 Å². The third kappa shape index (κ3) is 5.31. The summed E-state index contributed by atoms with van der Waals surface area (Å²) < 4.78 is 5.30. The molecule has 2 N–H and O–H groups in total. The third-order valence-corrected chi connectivity index (χ3v) is 4.76. The van der Waals surface area contributed by atoms with Crippen molar-refractivity contribution < 1.29 is 19.1 Å². The number of pyridine rings is 1. The van der Waals surface area contributed by atoms with Gasteiger partial charge in [0.2, 0.25) is 5.91 Å². The number of methoxy groups -OCH3 is 1. The largest absolute Gasteiger partial charge is 0.496 e. The maximum atomic E-state index is 12.6. The second-order valence-electron chi connectivity index (χ2n) is 6.69.